The lowest BCUT2D eigenvalue weighted by molar-refractivity contribution is 0.112. The second-order valence-corrected chi connectivity index (χ2v) is 7.05. The molecular formula is C19H20N4OS. The fourth-order valence-corrected chi connectivity index (χ4v) is 4.46. The van der Waals surface area contributed by atoms with Gasteiger partial charge in [-0.15, -0.1) is 0 Å². The van der Waals surface area contributed by atoms with E-state index >= 15 is 0 Å². The summed E-state index contributed by atoms with van der Waals surface area (Å²) in [6.45, 7) is 8.21. The summed E-state index contributed by atoms with van der Waals surface area (Å²) in [6.07, 6.45) is 2.71. The van der Waals surface area contributed by atoms with Crippen molar-refractivity contribution >= 4 is 29.0 Å². The molecule has 0 saturated carbocycles. The standard InChI is InChI=1S/C19H20N4OS/c1-3-22(4-2)10-11-23-15-8-7-13(12-24)18-16(15)17(21-23)14-6-5-9-20-19(14)25-18/h5-9,12H,3-4,10-11H2,1-2H3. The lowest BCUT2D eigenvalue weighted by Gasteiger charge is -2.18. The molecule has 2 aromatic heterocycles. The van der Waals surface area contributed by atoms with Gasteiger partial charge in [-0.25, -0.2) is 4.98 Å². The Balaban J connectivity index is 1.87. The molecule has 3 aromatic rings. The Labute approximate surface area is 151 Å². The maximum atomic E-state index is 11.5. The summed E-state index contributed by atoms with van der Waals surface area (Å²) in [7, 11) is 0. The minimum Gasteiger partial charge on any atom is -0.302 e. The molecule has 25 heavy (non-hydrogen) atoms. The van der Waals surface area contributed by atoms with Gasteiger partial charge < -0.3 is 4.90 Å². The van der Waals surface area contributed by atoms with Crippen molar-refractivity contribution in [1.82, 2.24) is 19.7 Å². The molecule has 1 aromatic carbocycles. The highest BCUT2D eigenvalue weighted by atomic mass is 32.2. The van der Waals surface area contributed by atoms with Crippen LogP contribution in [0.2, 0.25) is 0 Å². The molecule has 0 amide bonds. The number of likely N-dealkylation sites (N-methyl/N-ethyl adjacent to an activating group) is 1. The van der Waals surface area contributed by atoms with Crippen molar-refractivity contribution in [3.05, 3.63) is 36.0 Å². The summed E-state index contributed by atoms with van der Waals surface area (Å²) >= 11 is 1.57. The van der Waals surface area contributed by atoms with Crippen LogP contribution in [0.15, 0.2) is 40.4 Å². The van der Waals surface area contributed by atoms with Gasteiger partial charge in [-0.05, 0) is 37.4 Å². The van der Waals surface area contributed by atoms with E-state index in [0.29, 0.717) is 5.56 Å². The Hall–Kier alpha value is -2.18. The maximum Gasteiger partial charge on any atom is 0.151 e. The third kappa shape index (κ3) is 2.65. The zero-order valence-corrected chi connectivity index (χ0v) is 15.2. The van der Waals surface area contributed by atoms with Gasteiger partial charge in [0, 0.05) is 34.2 Å². The van der Waals surface area contributed by atoms with Gasteiger partial charge in [0.2, 0.25) is 0 Å². The SMILES string of the molecule is CCN(CC)CCn1nc2c3c(c(C=O)ccc31)Sc1ncccc1-2. The average Bonchev–Trinajstić information content (AvgIpc) is 3.03. The molecule has 0 N–H and O–H groups in total. The fourth-order valence-electron chi connectivity index (χ4n) is 3.34. The first kappa shape index (κ1) is 16.3. The first-order valence-electron chi connectivity index (χ1n) is 8.61. The largest absolute Gasteiger partial charge is 0.302 e. The molecule has 1 aliphatic heterocycles. The summed E-state index contributed by atoms with van der Waals surface area (Å²) in [5.41, 5.74) is 3.79. The van der Waals surface area contributed by atoms with Crippen LogP contribution in [-0.2, 0) is 6.54 Å². The van der Waals surface area contributed by atoms with E-state index < -0.39 is 0 Å². The molecule has 0 radical (unpaired) electrons. The van der Waals surface area contributed by atoms with E-state index in [2.05, 4.69) is 34.5 Å². The predicted octanol–water partition coefficient (Wildman–Crippen LogP) is 3.72. The molecule has 0 bridgehead atoms. The molecule has 6 heteroatoms. The number of hydrogen-bond donors (Lipinski definition) is 0. The molecule has 5 nitrogen and oxygen atoms in total. The molecule has 0 fully saturated rings. The highest BCUT2D eigenvalue weighted by Crippen LogP contribution is 2.47. The third-order valence-electron chi connectivity index (χ3n) is 4.78. The van der Waals surface area contributed by atoms with Crippen molar-refractivity contribution in [3.63, 3.8) is 0 Å². The van der Waals surface area contributed by atoms with Crippen LogP contribution in [0.5, 0.6) is 0 Å². The number of carbonyl (C=O) groups is 1. The summed E-state index contributed by atoms with van der Waals surface area (Å²) in [5.74, 6) is 0. The fraction of sp³-hybridized carbons (Fsp3) is 0.316. The summed E-state index contributed by atoms with van der Waals surface area (Å²) in [5, 5.41) is 6.89. The van der Waals surface area contributed by atoms with Crippen molar-refractivity contribution in [2.45, 2.75) is 30.3 Å². The number of nitrogens with zero attached hydrogens (tertiary/aromatic N) is 4. The van der Waals surface area contributed by atoms with Crippen molar-refractivity contribution in [2.75, 3.05) is 19.6 Å². The monoisotopic (exact) mass is 352 g/mol. The van der Waals surface area contributed by atoms with Crippen LogP contribution in [-0.4, -0.2) is 45.6 Å². The van der Waals surface area contributed by atoms with Gasteiger partial charge in [0.15, 0.2) is 6.29 Å². The number of hydrogen-bond acceptors (Lipinski definition) is 5. The zero-order chi connectivity index (χ0) is 17.4. The van der Waals surface area contributed by atoms with Gasteiger partial charge in [0.25, 0.3) is 0 Å². The first-order valence-corrected chi connectivity index (χ1v) is 9.42. The van der Waals surface area contributed by atoms with E-state index in [-0.39, 0.29) is 0 Å². The summed E-state index contributed by atoms with van der Waals surface area (Å²) < 4.78 is 2.07. The Morgan fingerprint density at radius 2 is 2.08 bits per heavy atom. The first-order chi connectivity index (χ1) is 12.3. The van der Waals surface area contributed by atoms with Crippen LogP contribution in [0.1, 0.15) is 24.2 Å². The van der Waals surface area contributed by atoms with E-state index in [1.54, 1.807) is 18.0 Å². The van der Waals surface area contributed by atoms with Crippen molar-refractivity contribution in [2.24, 2.45) is 0 Å². The highest BCUT2D eigenvalue weighted by molar-refractivity contribution is 7.99. The molecule has 0 atom stereocenters. The Kier molecular flexibility index (Phi) is 4.31. The number of fused-ring (bicyclic) bond motifs is 2. The molecule has 4 rings (SSSR count). The number of aromatic nitrogens is 3. The molecule has 128 valence electrons. The number of aldehydes is 1. The summed E-state index contributed by atoms with van der Waals surface area (Å²) in [6, 6.07) is 7.91. The number of pyridine rings is 1. The van der Waals surface area contributed by atoms with Gasteiger partial charge in [-0.1, -0.05) is 25.6 Å². The lowest BCUT2D eigenvalue weighted by atomic mass is 10.1. The van der Waals surface area contributed by atoms with Crippen molar-refractivity contribution in [3.8, 4) is 11.3 Å². The molecule has 3 heterocycles. The van der Waals surface area contributed by atoms with Gasteiger partial charge in [0.05, 0.1) is 12.1 Å². The van der Waals surface area contributed by atoms with Crippen LogP contribution < -0.4 is 0 Å². The molecule has 0 unspecified atom stereocenters. The lowest BCUT2D eigenvalue weighted by Crippen LogP contribution is -2.27. The third-order valence-corrected chi connectivity index (χ3v) is 5.94. The smallest absolute Gasteiger partial charge is 0.151 e. The molecule has 0 saturated heterocycles. The normalized spacial score (nSPS) is 12.6. The quantitative estimate of drug-likeness (QED) is 0.495. The van der Waals surface area contributed by atoms with Crippen LogP contribution in [0, 0.1) is 0 Å². The molecule has 1 aliphatic rings. The van der Waals surface area contributed by atoms with Crippen LogP contribution in [0.4, 0.5) is 0 Å². The van der Waals surface area contributed by atoms with Gasteiger partial charge >= 0.3 is 0 Å². The minimum atomic E-state index is 0.707. The highest BCUT2D eigenvalue weighted by Gasteiger charge is 2.26. The second-order valence-electron chi connectivity index (χ2n) is 6.05. The average molecular weight is 352 g/mol. The van der Waals surface area contributed by atoms with Gasteiger partial charge in [-0.3, -0.25) is 9.48 Å². The molecule has 0 spiro atoms. The van der Waals surface area contributed by atoms with E-state index in [0.717, 1.165) is 64.5 Å². The number of carbonyl (C=O) groups excluding carboxylic acids is 1. The van der Waals surface area contributed by atoms with Gasteiger partial charge in [0.1, 0.15) is 10.7 Å². The minimum absolute atomic E-state index is 0.707. The van der Waals surface area contributed by atoms with Crippen molar-refractivity contribution < 1.29 is 4.79 Å². The topological polar surface area (TPSA) is 51.0 Å². The van der Waals surface area contributed by atoms with Crippen LogP contribution in [0.25, 0.3) is 22.2 Å². The predicted molar refractivity (Wildman–Crippen MR) is 100 cm³/mol. The Bertz CT molecular complexity index is 946. The van der Waals surface area contributed by atoms with Crippen molar-refractivity contribution in [1.29, 1.82) is 0 Å². The van der Waals surface area contributed by atoms with E-state index in [4.69, 9.17) is 5.10 Å². The second kappa shape index (κ2) is 6.61. The number of rotatable bonds is 6. The van der Waals surface area contributed by atoms with Gasteiger partial charge in [-0.2, -0.15) is 5.10 Å². The molecular weight excluding hydrogens is 332 g/mol. The van der Waals surface area contributed by atoms with Crippen LogP contribution in [0.3, 0.4) is 0 Å². The Morgan fingerprint density at radius 1 is 1.24 bits per heavy atom. The molecule has 0 aliphatic carbocycles. The zero-order valence-electron chi connectivity index (χ0n) is 14.4. The van der Waals surface area contributed by atoms with E-state index in [9.17, 15) is 4.79 Å². The Morgan fingerprint density at radius 3 is 2.84 bits per heavy atom. The van der Waals surface area contributed by atoms with E-state index in [1.807, 2.05) is 18.2 Å². The van der Waals surface area contributed by atoms with E-state index in [1.165, 1.54) is 0 Å². The maximum absolute atomic E-state index is 11.5. The summed E-state index contributed by atoms with van der Waals surface area (Å²) in [4.78, 5) is 19.4. The number of benzene rings is 1. The van der Waals surface area contributed by atoms with Crippen LogP contribution >= 0.6 is 11.8 Å².